The van der Waals surface area contributed by atoms with Gasteiger partial charge in [-0.1, -0.05) is 19.1 Å². The van der Waals surface area contributed by atoms with Crippen LogP contribution in [-0.2, 0) is 16.0 Å². The number of hydrogen-bond donors (Lipinski definition) is 1. The van der Waals surface area contributed by atoms with Gasteiger partial charge in [0.1, 0.15) is 0 Å². The molecule has 3 nitrogen and oxygen atoms in total. The van der Waals surface area contributed by atoms with Crippen LogP contribution in [0.2, 0.25) is 0 Å². The Hall–Kier alpha value is -1.51. The number of nitrogens with two attached hydrogens (primary N) is 1. The van der Waals surface area contributed by atoms with Crippen molar-refractivity contribution in [1.82, 2.24) is 0 Å². The molecule has 3 heteroatoms. The molecule has 0 fully saturated rings. The third kappa shape index (κ3) is 3.47. The first-order valence-electron chi connectivity index (χ1n) is 4.72. The largest absolute Gasteiger partial charge is 0.465 e. The number of ether oxygens (including phenoxy) is 1. The van der Waals surface area contributed by atoms with E-state index in [4.69, 9.17) is 10.5 Å². The fourth-order valence-electron chi connectivity index (χ4n) is 1.13. The Morgan fingerprint density at radius 2 is 2.29 bits per heavy atom. The monoisotopic (exact) mass is 193 g/mol. The van der Waals surface area contributed by atoms with Gasteiger partial charge >= 0.3 is 5.97 Å². The van der Waals surface area contributed by atoms with Crippen LogP contribution in [0.1, 0.15) is 18.9 Å². The molecule has 2 N–H and O–H groups in total. The van der Waals surface area contributed by atoms with Crippen molar-refractivity contribution in [3.63, 3.8) is 0 Å². The molecule has 0 saturated heterocycles. The van der Waals surface area contributed by atoms with Crippen molar-refractivity contribution in [1.29, 1.82) is 0 Å². The molecule has 0 aromatic heterocycles. The lowest BCUT2D eigenvalue weighted by Gasteiger charge is -2.03. The Morgan fingerprint density at radius 1 is 1.50 bits per heavy atom. The van der Waals surface area contributed by atoms with Gasteiger partial charge in [-0.15, -0.1) is 0 Å². The molecule has 1 aromatic rings. The zero-order chi connectivity index (χ0) is 10.4. The van der Waals surface area contributed by atoms with Gasteiger partial charge in [0.25, 0.3) is 0 Å². The zero-order valence-electron chi connectivity index (χ0n) is 8.32. The molecule has 0 saturated carbocycles. The number of hydrogen-bond acceptors (Lipinski definition) is 3. The van der Waals surface area contributed by atoms with E-state index >= 15 is 0 Å². The van der Waals surface area contributed by atoms with Crippen LogP contribution in [0.5, 0.6) is 0 Å². The smallest absolute Gasteiger partial charge is 0.305 e. The van der Waals surface area contributed by atoms with Crippen molar-refractivity contribution in [3.05, 3.63) is 29.8 Å². The molecule has 0 radical (unpaired) electrons. The van der Waals surface area contributed by atoms with Crippen LogP contribution in [0, 0.1) is 0 Å². The summed E-state index contributed by atoms with van der Waals surface area (Å²) in [5.74, 6) is -0.158. The molecule has 14 heavy (non-hydrogen) atoms. The predicted molar refractivity (Wildman–Crippen MR) is 55.8 cm³/mol. The van der Waals surface area contributed by atoms with E-state index in [9.17, 15) is 4.79 Å². The highest BCUT2D eigenvalue weighted by Crippen LogP contribution is 2.07. The molecule has 0 spiro atoms. The van der Waals surface area contributed by atoms with Crippen molar-refractivity contribution in [2.75, 3.05) is 12.3 Å². The minimum Gasteiger partial charge on any atom is -0.465 e. The molecular formula is C11H15NO2. The molecule has 0 atom stereocenters. The molecule has 1 rings (SSSR count). The number of carbonyl (C=O) groups excluding carboxylic acids is 1. The van der Waals surface area contributed by atoms with Gasteiger partial charge in [0, 0.05) is 18.5 Å². The molecular weight excluding hydrogens is 178 g/mol. The first-order valence-corrected chi connectivity index (χ1v) is 4.72. The highest BCUT2D eigenvalue weighted by molar-refractivity contribution is 5.68. The van der Waals surface area contributed by atoms with Gasteiger partial charge in [0.15, 0.2) is 0 Å². The van der Waals surface area contributed by atoms with Gasteiger partial charge in [0.2, 0.25) is 0 Å². The van der Waals surface area contributed by atoms with E-state index in [2.05, 4.69) is 0 Å². The lowest BCUT2D eigenvalue weighted by atomic mass is 10.1. The molecule has 0 amide bonds. The minimum atomic E-state index is -0.158. The Kier molecular flexibility index (Phi) is 3.98. The Balaban J connectivity index is 2.35. The summed E-state index contributed by atoms with van der Waals surface area (Å²) >= 11 is 0. The van der Waals surface area contributed by atoms with Crippen LogP contribution < -0.4 is 5.73 Å². The summed E-state index contributed by atoms with van der Waals surface area (Å²) < 4.78 is 4.96. The first-order chi connectivity index (χ1) is 6.72. The lowest BCUT2D eigenvalue weighted by Crippen LogP contribution is -2.06. The molecule has 1 aromatic carbocycles. The van der Waals surface area contributed by atoms with Crippen molar-refractivity contribution in [2.45, 2.75) is 19.8 Å². The third-order valence-corrected chi connectivity index (χ3v) is 1.89. The molecule has 0 bridgehead atoms. The second-order valence-electron chi connectivity index (χ2n) is 3.07. The van der Waals surface area contributed by atoms with Crippen LogP contribution in [0.3, 0.4) is 0 Å². The highest BCUT2D eigenvalue weighted by Gasteiger charge is 1.98. The molecule has 0 aliphatic heterocycles. The summed E-state index contributed by atoms with van der Waals surface area (Å²) in [6.07, 6.45) is 1.15. The van der Waals surface area contributed by atoms with E-state index in [0.717, 1.165) is 17.7 Å². The molecule has 0 heterocycles. The van der Waals surface area contributed by atoms with Crippen LogP contribution in [0.25, 0.3) is 0 Å². The summed E-state index contributed by atoms with van der Waals surface area (Å²) in [7, 11) is 0. The van der Waals surface area contributed by atoms with E-state index in [0.29, 0.717) is 13.0 Å². The van der Waals surface area contributed by atoms with E-state index in [1.54, 1.807) is 6.92 Å². The maximum absolute atomic E-state index is 10.8. The summed E-state index contributed by atoms with van der Waals surface area (Å²) in [6, 6.07) is 7.59. The maximum Gasteiger partial charge on any atom is 0.305 e. The van der Waals surface area contributed by atoms with Crippen LogP contribution in [-0.4, -0.2) is 12.6 Å². The van der Waals surface area contributed by atoms with Crippen LogP contribution in [0.15, 0.2) is 24.3 Å². The van der Waals surface area contributed by atoms with Gasteiger partial charge < -0.3 is 10.5 Å². The number of anilines is 1. The number of benzene rings is 1. The van der Waals surface area contributed by atoms with Crippen LogP contribution >= 0.6 is 0 Å². The summed E-state index contributed by atoms with van der Waals surface area (Å²) in [6.45, 7) is 2.21. The van der Waals surface area contributed by atoms with E-state index in [1.807, 2.05) is 24.3 Å². The van der Waals surface area contributed by atoms with Crippen molar-refractivity contribution in [3.8, 4) is 0 Å². The molecule has 0 unspecified atom stereocenters. The van der Waals surface area contributed by atoms with Gasteiger partial charge in [0.05, 0.1) is 6.61 Å². The maximum atomic E-state index is 10.8. The summed E-state index contributed by atoms with van der Waals surface area (Å²) in [4.78, 5) is 10.8. The van der Waals surface area contributed by atoms with Crippen molar-refractivity contribution < 1.29 is 9.53 Å². The molecule has 76 valence electrons. The van der Waals surface area contributed by atoms with Crippen molar-refractivity contribution >= 4 is 11.7 Å². The lowest BCUT2D eigenvalue weighted by molar-refractivity contribution is -0.143. The zero-order valence-corrected chi connectivity index (χ0v) is 8.32. The number of carbonyl (C=O) groups is 1. The van der Waals surface area contributed by atoms with Gasteiger partial charge in [-0.25, -0.2) is 0 Å². The number of esters is 1. The first kappa shape index (κ1) is 10.6. The second kappa shape index (κ2) is 5.27. The fraction of sp³-hybridized carbons (Fsp3) is 0.364. The van der Waals surface area contributed by atoms with Gasteiger partial charge in [-0.3, -0.25) is 4.79 Å². The van der Waals surface area contributed by atoms with E-state index in [1.165, 1.54) is 0 Å². The van der Waals surface area contributed by atoms with Gasteiger partial charge in [-0.2, -0.15) is 0 Å². The Morgan fingerprint density at radius 3 is 2.93 bits per heavy atom. The normalized spacial score (nSPS) is 9.79. The van der Waals surface area contributed by atoms with Gasteiger partial charge in [-0.05, 0) is 17.7 Å². The Labute approximate surface area is 83.9 Å². The quantitative estimate of drug-likeness (QED) is 0.585. The topological polar surface area (TPSA) is 52.3 Å². The van der Waals surface area contributed by atoms with Crippen LogP contribution in [0.4, 0.5) is 5.69 Å². The van der Waals surface area contributed by atoms with E-state index < -0.39 is 0 Å². The molecule has 0 aliphatic rings. The van der Waals surface area contributed by atoms with Crippen molar-refractivity contribution in [2.24, 2.45) is 0 Å². The third-order valence-electron chi connectivity index (χ3n) is 1.89. The summed E-state index contributed by atoms with van der Waals surface area (Å²) in [5, 5.41) is 0. The van der Waals surface area contributed by atoms with E-state index in [-0.39, 0.29) is 5.97 Å². The SMILES string of the molecule is CCC(=O)OCCc1cccc(N)c1. The fourth-order valence-corrected chi connectivity index (χ4v) is 1.13. The predicted octanol–water partition coefficient (Wildman–Crippen LogP) is 1.76. The average molecular weight is 193 g/mol. The Bertz CT molecular complexity index is 310. The number of rotatable bonds is 4. The average Bonchev–Trinajstić information content (AvgIpc) is 2.17. The second-order valence-corrected chi connectivity index (χ2v) is 3.07. The highest BCUT2D eigenvalue weighted by atomic mass is 16.5. The standard InChI is InChI=1S/C11H15NO2/c1-2-11(13)14-7-6-9-4-3-5-10(12)8-9/h3-5,8H,2,6-7,12H2,1H3. The molecule has 0 aliphatic carbocycles. The number of nitrogen functional groups attached to an aromatic ring is 1. The summed E-state index contributed by atoms with van der Waals surface area (Å²) in [5.41, 5.74) is 7.44. The minimum absolute atomic E-state index is 0.158.